The molecular weight excluding hydrogens is 412 g/mol. The van der Waals surface area contributed by atoms with Gasteiger partial charge in [-0.15, -0.1) is 0 Å². The van der Waals surface area contributed by atoms with Crippen molar-refractivity contribution in [2.75, 3.05) is 26.0 Å². The number of aromatic nitrogens is 4. The average molecular weight is 441 g/mol. The van der Waals surface area contributed by atoms with E-state index in [9.17, 15) is 4.79 Å². The van der Waals surface area contributed by atoms with E-state index in [1.807, 2.05) is 36.1 Å². The maximum absolute atomic E-state index is 12.9. The molecule has 8 nitrogen and oxygen atoms in total. The van der Waals surface area contributed by atoms with Crippen LogP contribution in [0.5, 0.6) is 5.75 Å². The molecule has 0 bridgehead atoms. The first-order valence-corrected chi connectivity index (χ1v) is 11.4. The Kier molecular flexibility index (Phi) is 6.04. The summed E-state index contributed by atoms with van der Waals surface area (Å²) in [6, 6.07) is 7.51. The fourth-order valence-electron chi connectivity index (χ4n) is 4.30. The zero-order valence-corrected chi connectivity index (χ0v) is 19.1. The summed E-state index contributed by atoms with van der Waals surface area (Å²) in [6.07, 6.45) is 1.16. The second kappa shape index (κ2) is 8.74. The van der Waals surface area contributed by atoms with Crippen LogP contribution in [0, 0.1) is 24.2 Å². The van der Waals surface area contributed by atoms with Crippen LogP contribution in [-0.4, -0.2) is 56.5 Å². The minimum atomic E-state index is 0.104. The zero-order valence-electron chi connectivity index (χ0n) is 18.3. The largest absolute Gasteiger partial charge is 0.497 e. The zero-order chi connectivity index (χ0) is 22.1. The van der Waals surface area contributed by atoms with E-state index in [2.05, 4.69) is 29.0 Å². The number of methoxy groups -OCH3 is 1. The third kappa shape index (κ3) is 4.32. The second-order valence-corrected chi connectivity index (χ2v) is 9.30. The monoisotopic (exact) mass is 440 g/mol. The summed E-state index contributed by atoms with van der Waals surface area (Å²) < 4.78 is 7.13. The predicted octanol–water partition coefficient (Wildman–Crippen LogP) is 3.14. The Labute approximate surface area is 185 Å². The highest BCUT2D eigenvalue weighted by Gasteiger charge is 2.26. The highest BCUT2D eigenvalue weighted by molar-refractivity contribution is 7.99. The molecule has 3 aromatic rings. The van der Waals surface area contributed by atoms with E-state index in [0.717, 1.165) is 30.9 Å². The maximum atomic E-state index is 12.9. The summed E-state index contributed by atoms with van der Waals surface area (Å²) in [6.45, 7) is 7.87. The maximum Gasteiger partial charge on any atom is 0.233 e. The number of nitrogens with one attached hydrogen (secondary N) is 2. The number of benzene rings is 1. The van der Waals surface area contributed by atoms with Gasteiger partial charge in [0.1, 0.15) is 11.2 Å². The van der Waals surface area contributed by atoms with Crippen molar-refractivity contribution in [2.45, 2.75) is 32.3 Å². The van der Waals surface area contributed by atoms with E-state index >= 15 is 0 Å². The highest BCUT2D eigenvalue weighted by Crippen LogP contribution is 2.26. The van der Waals surface area contributed by atoms with Crippen molar-refractivity contribution in [1.29, 1.82) is 5.41 Å². The van der Waals surface area contributed by atoms with Crippen molar-refractivity contribution < 1.29 is 9.53 Å². The number of aromatic amines is 1. The summed E-state index contributed by atoms with van der Waals surface area (Å²) in [5.41, 5.74) is 2.30. The number of H-pyrrole nitrogens is 1. The van der Waals surface area contributed by atoms with Gasteiger partial charge in [0.15, 0.2) is 10.8 Å². The first-order chi connectivity index (χ1) is 14.9. The Hall–Kier alpha value is -2.81. The summed E-state index contributed by atoms with van der Waals surface area (Å²) in [5, 5.41) is 17.2. The number of amides is 1. The van der Waals surface area contributed by atoms with Crippen molar-refractivity contribution >= 4 is 28.7 Å². The van der Waals surface area contributed by atoms with Crippen LogP contribution in [-0.2, 0) is 4.79 Å². The molecule has 1 fully saturated rings. The second-order valence-electron chi connectivity index (χ2n) is 8.36. The smallest absolute Gasteiger partial charge is 0.233 e. The molecule has 31 heavy (non-hydrogen) atoms. The number of piperidine rings is 1. The van der Waals surface area contributed by atoms with Gasteiger partial charge in [0.05, 0.1) is 23.9 Å². The Morgan fingerprint density at radius 1 is 1.32 bits per heavy atom. The third-order valence-electron chi connectivity index (χ3n) is 5.64. The number of fused-ring (bicyclic) bond motifs is 1. The van der Waals surface area contributed by atoms with Crippen molar-refractivity contribution in [3.8, 4) is 11.4 Å². The van der Waals surface area contributed by atoms with Gasteiger partial charge in [-0.25, -0.2) is 4.98 Å². The Bertz CT molecular complexity index is 1160. The lowest BCUT2D eigenvalue weighted by molar-refractivity contribution is -0.130. The van der Waals surface area contributed by atoms with Gasteiger partial charge in [-0.1, -0.05) is 31.7 Å². The molecule has 2 aromatic heterocycles. The SMILES string of the molecule is COc1cccc(-n2c(SCC(=O)N3C[C@@H](C)C[C@H](C)C3)nc3n[nH]c(C)c3c2=N)c1. The molecule has 2 atom stereocenters. The average Bonchev–Trinajstić information content (AvgIpc) is 3.12. The standard InChI is InChI=1S/C22H28N6O2S/c1-13-8-14(2)11-27(10-13)18(29)12-31-22-24-21-19(15(3)25-26-21)20(23)28(22)16-6-5-7-17(9-16)30-4/h5-7,9,13-14,23H,8,10-12H2,1-4H3,(H,25,26)/t13-,14-/m0/s1. The van der Waals surface area contributed by atoms with Crippen LogP contribution in [0.1, 0.15) is 26.0 Å². The van der Waals surface area contributed by atoms with Crippen LogP contribution < -0.4 is 10.2 Å². The van der Waals surface area contributed by atoms with Gasteiger partial charge in [0, 0.05) is 24.8 Å². The molecule has 0 radical (unpaired) electrons. The van der Waals surface area contributed by atoms with Crippen LogP contribution in [0.25, 0.3) is 16.7 Å². The van der Waals surface area contributed by atoms with E-state index in [0.29, 0.717) is 33.8 Å². The molecule has 0 aliphatic carbocycles. The molecule has 0 unspecified atom stereocenters. The summed E-state index contributed by atoms with van der Waals surface area (Å²) >= 11 is 1.34. The number of thioether (sulfide) groups is 1. The molecule has 1 aromatic carbocycles. The topological polar surface area (TPSA) is 99.9 Å². The fraction of sp³-hybridized carbons (Fsp3) is 0.455. The lowest BCUT2D eigenvalue weighted by atomic mass is 9.92. The fourth-order valence-corrected chi connectivity index (χ4v) is 5.21. The molecular formula is C22H28N6O2S. The van der Waals surface area contributed by atoms with Gasteiger partial charge in [-0.2, -0.15) is 5.10 Å². The van der Waals surface area contributed by atoms with E-state index < -0.39 is 0 Å². The van der Waals surface area contributed by atoms with Crippen LogP contribution in [0.4, 0.5) is 0 Å². The van der Waals surface area contributed by atoms with Gasteiger partial charge in [-0.05, 0) is 37.3 Å². The quantitative estimate of drug-likeness (QED) is 0.469. The highest BCUT2D eigenvalue weighted by atomic mass is 32.2. The normalized spacial score (nSPS) is 19.0. The molecule has 3 heterocycles. The van der Waals surface area contributed by atoms with Gasteiger partial charge in [0.25, 0.3) is 0 Å². The molecule has 1 saturated heterocycles. The molecule has 0 saturated carbocycles. The van der Waals surface area contributed by atoms with Crippen molar-refractivity contribution in [3.05, 3.63) is 35.4 Å². The Balaban J connectivity index is 1.69. The van der Waals surface area contributed by atoms with Crippen LogP contribution in [0.3, 0.4) is 0 Å². The molecule has 164 valence electrons. The Morgan fingerprint density at radius 3 is 2.77 bits per heavy atom. The van der Waals surface area contributed by atoms with Crippen molar-refractivity contribution in [1.82, 2.24) is 24.6 Å². The first kappa shape index (κ1) is 21.4. The number of carbonyl (C=O) groups excluding carboxylic acids is 1. The number of rotatable bonds is 5. The van der Waals surface area contributed by atoms with Crippen LogP contribution in [0.15, 0.2) is 29.4 Å². The molecule has 1 aliphatic rings. The van der Waals surface area contributed by atoms with Gasteiger partial charge in [0.2, 0.25) is 5.91 Å². The summed E-state index contributed by atoms with van der Waals surface area (Å²) in [4.78, 5) is 19.6. The molecule has 4 rings (SSSR count). The molecule has 1 aliphatic heterocycles. The molecule has 1 amide bonds. The predicted molar refractivity (Wildman–Crippen MR) is 121 cm³/mol. The lowest BCUT2D eigenvalue weighted by Gasteiger charge is -2.35. The minimum Gasteiger partial charge on any atom is -0.497 e. The summed E-state index contributed by atoms with van der Waals surface area (Å²) in [5.74, 6) is 2.09. The number of hydrogen-bond donors (Lipinski definition) is 2. The van der Waals surface area contributed by atoms with Crippen LogP contribution >= 0.6 is 11.8 Å². The summed E-state index contributed by atoms with van der Waals surface area (Å²) in [7, 11) is 1.61. The van der Waals surface area contributed by atoms with Gasteiger partial charge in [-0.3, -0.25) is 19.9 Å². The first-order valence-electron chi connectivity index (χ1n) is 10.4. The van der Waals surface area contributed by atoms with E-state index in [1.165, 1.54) is 11.8 Å². The van der Waals surface area contributed by atoms with Crippen molar-refractivity contribution in [3.63, 3.8) is 0 Å². The van der Waals surface area contributed by atoms with Crippen molar-refractivity contribution in [2.24, 2.45) is 11.8 Å². The number of carbonyl (C=O) groups is 1. The van der Waals surface area contributed by atoms with E-state index in [4.69, 9.17) is 10.1 Å². The van der Waals surface area contributed by atoms with Crippen LogP contribution in [0.2, 0.25) is 0 Å². The number of likely N-dealkylation sites (tertiary alicyclic amines) is 1. The molecule has 0 spiro atoms. The third-order valence-corrected chi connectivity index (χ3v) is 6.56. The molecule has 2 N–H and O–H groups in total. The number of ether oxygens (including phenoxy) is 1. The number of aryl methyl sites for hydroxylation is 1. The van der Waals surface area contributed by atoms with E-state index in [-0.39, 0.29) is 17.1 Å². The Morgan fingerprint density at radius 2 is 2.06 bits per heavy atom. The lowest BCUT2D eigenvalue weighted by Crippen LogP contribution is -2.43. The minimum absolute atomic E-state index is 0.104. The number of nitrogens with zero attached hydrogens (tertiary/aromatic N) is 4. The van der Waals surface area contributed by atoms with E-state index in [1.54, 1.807) is 11.7 Å². The number of hydrogen-bond acceptors (Lipinski definition) is 6. The van der Waals surface area contributed by atoms with Gasteiger partial charge < -0.3 is 9.64 Å². The van der Waals surface area contributed by atoms with Gasteiger partial charge >= 0.3 is 0 Å². The molecule has 9 heteroatoms.